The molecule has 0 saturated carbocycles. The Morgan fingerprint density at radius 2 is 2.38 bits per heavy atom. The van der Waals surface area contributed by atoms with Gasteiger partial charge in [0.25, 0.3) is 0 Å². The van der Waals surface area contributed by atoms with Crippen LogP contribution in [0, 0.1) is 23.7 Å². The molecule has 0 aliphatic carbocycles. The van der Waals surface area contributed by atoms with E-state index in [-0.39, 0.29) is 0 Å². The lowest BCUT2D eigenvalue weighted by atomic mass is 10.4. The summed E-state index contributed by atoms with van der Waals surface area (Å²) in [6.07, 6.45) is 6.49. The first-order chi connectivity index (χ1) is 6.27. The molecule has 1 rings (SSSR count). The van der Waals surface area contributed by atoms with E-state index < -0.39 is 0 Å². The third-order valence-corrected chi connectivity index (χ3v) is 1.49. The van der Waals surface area contributed by atoms with E-state index in [4.69, 9.17) is 11.7 Å². The fourth-order valence-electron chi connectivity index (χ4n) is 0.835. The molecule has 0 aromatic carbocycles. The van der Waals surface area contributed by atoms with Gasteiger partial charge >= 0.3 is 0 Å². The molecule has 0 aliphatic rings. The number of hydrogen-bond acceptors (Lipinski definition) is 4. The Kier molecular flexibility index (Phi) is 2.83. The fraction of sp³-hybridized carbons (Fsp3) is 0.222. The Morgan fingerprint density at radius 1 is 1.62 bits per heavy atom. The minimum atomic E-state index is 0.342. The highest BCUT2D eigenvalue weighted by Crippen LogP contribution is 2.07. The molecule has 0 unspecified atom stereocenters. The van der Waals surface area contributed by atoms with E-state index in [0.717, 1.165) is 0 Å². The lowest BCUT2D eigenvalue weighted by Gasteiger charge is -2.13. The molecule has 0 radical (unpaired) electrons. The molecule has 1 aromatic heterocycles. The minimum Gasteiger partial charge on any atom is -0.348 e. The average molecular weight is 172 g/mol. The molecular formula is C9H8N4. The van der Waals surface area contributed by atoms with Gasteiger partial charge in [-0.2, -0.15) is 5.26 Å². The molecule has 0 amide bonds. The van der Waals surface area contributed by atoms with Crippen molar-refractivity contribution in [1.82, 2.24) is 9.97 Å². The van der Waals surface area contributed by atoms with Gasteiger partial charge in [-0.15, -0.1) is 6.42 Å². The standard InChI is InChI=1S/C9H8N4/c1-3-4-13(2)9-5-8(6-10)11-7-12-9/h1,5,7H,4H2,2H3. The number of nitriles is 1. The molecule has 1 heterocycles. The molecule has 1 aromatic rings. The van der Waals surface area contributed by atoms with Crippen LogP contribution in [0.4, 0.5) is 5.82 Å². The molecule has 0 fully saturated rings. The summed E-state index contributed by atoms with van der Waals surface area (Å²) in [5, 5.41) is 8.57. The molecule has 0 spiro atoms. The summed E-state index contributed by atoms with van der Waals surface area (Å²) in [4.78, 5) is 9.49. The van der Waals surface area contributed by atoms with Gasteiger partial charge in [-0.25, -0.2) is 9.97 Å². The number of terminal acetylenes is 1. The zero-order chi connectivity index (χ0) is 9.68. The number of nitrogens with zero attached hydrogens (tertiary/aromatic N) is 4. The van der Waals surface area contributed by atoms with Crippen molar-refractivity contribution in [3.8, 4) is 18.4 Å². The van der Waals surface area contributed by atoms with Gasteiger partial charge in [-0.3, -0.25) is 0 Å². The first-order valence-electron chi connectivity index (χ1n) is 3.64. The van der Waals surface area contributed by atoms with Crippen LogP contribution in [-0.2, 0) is 0 Å². The monoisotopic (exact) mass is 172 g/mol. The normalized spacial score (nSPS) is 8.54. The maximum atomic E-state index is 8.57. The van der Waals surface area contributed by atoms with Gasteiger partial charge in [0.15, 0.2) is 0 Å². The highest BCUT2D eigenvalue weighted by Gasteiger charge is 2.01. The topological polar surface area (TPSA) is 52.8 Å². The van der Waals surface area contributed by atoms with E-state index in [2.05, 4.69) is 15.9 Å². The minimum absolute atomic E-state index is 0.342. The predicted octanol–water partition coefficient (Wildman–Crippen LogP) is 0.418. The van der Waals surface area contributed by atoms with Gasteiger partial charge in [0.1, 0.15) is 23.9 Å². The van der Waals surface area contributed by atoms with Crippen molar-refractivity contribution in [1.29, 1.82) is 5.26 Å². The van der Waals surface area contributed by atoms with Gasteiger partial charge in [0.2, 0.25) is 0 Å². The van der Waals surface area contributed by atoms with Crippen molar-refractivity contribution in [3.05, 3.63) is 18.1 Å². The quantitative estimate of drug-likeness (QED) is 0.606. The van der Waals surface area contributed by atoms with Crippen LogP contribution in [-0.4, -0.2) is 23.6 Å². The van der Waals surface area contributed by atoms with E-state index >= 15 is 0 Å². The Hall–Kier alpha value is -2.07. The van der Waals surface area contributed by atoms with Crippen LogP contribution in [0.15, 0.2) is 12.4 Å². The second-order valence-corrected chi connectivity index (χ2v) is 2.43. The van der Waals surface area contributed by atoms with Crippen molar-refractivity contribution in [3.63, 3.8) is 0 Å². The molecule has 0 bridgehead atoms. The third-order valence-electron chi connectivity index (χ3n) is 1.49. The molecule has 0 atom stereocenters. The summed E-state index contributed by atoms with van der Waals surface area (Å²) in [5.41, 5.74) is 0.342. The molecule has 4 nitrogen and oxygen atoms in total. The Labute approximate surface area is 76.8 Å². The van der Waals surface area contributed by atoms with Crippen LogP contribution in [0.2, 0.25) is 0 Å². The highest BCUT2D eigenvalue weighted by molar-refractivity contribution is 5.41. The van der Waals surface area contributed by atoms with Crippen molar-refractivity contribution in [2.75, 3.05) is 18.5 Å². The predicted molar refractivity (Wildman–Crippen MR) is 48.9 cm³/mol. The number of hydrogen-bond donors (Lipinski definition) is 0. The SMILES string of the molecule is C#CCN(C)c1cc(C#N)ncn1. The molecule has 13 heavy (non-hydrogen) atoms. The van der Waals surface area contributed by atoms with E-state index in [1.54, 1.807) is 11.0 Å². The van der Waals surface area contributed by atoms with Gasteiger partial charge < -0.3 is 4.90 Å². The summed E-state index contributed by atoms with van der Waals surface area (Å²) >= 11 is 0. The number of rotatable bonds is 2. The van der Waals surface area contributed by atoms with Crippen LogP contribution >= 0.6 is 0 Å². The van der Waals surface area contributed by atoms with Gasteiger partial charge in [-0.1, -0.05) is 5.92 Å². The lowest BCUT2D eigenvalue weighted by Crippen LogP contribution is -2.18. The van der Waals surface area contributed by atoms with E-state index in [9.17, 15) is 0 Å². The second-order valence-electron chi connectivity index (χ2n) is 2.43. The average Bonchev–Trinajstić information content (AvgIpc) is 2.18. The van der Waals surface area contributed by atoms with Crippen LogP contribution in [0.3, 0.4) is 0 Å². The van der Waals surface area contributed by atoms with Crippen molar-refractivity contribution < 1.29 is 0 Å². The largest absolute Gasteiger partial charge is 0.348 e. The zero-order valence-electron chi connectivity index (χ0n) is 7.23. The number of aromatic nitrogens is 2. The summed E-state index contributed by atoms with van der Waals surface area (Å²) in [5.74, 6) is 3.14. The van der Waals surface area contributed by atoms with Gasteiger partial charge in [-0.05, 0) is 0 Å². The number of anilines is 1. The first kappa shape index (κ1) is 9.02. The second kappa shape index (κ2) is 4.08. The Bertz CT molecular complexity index is 372. The smallest absolute Gasteiger partial charge is 0.145 e. The summed E-state index contributed by atoms with van der Waals surface area (Å²) in [6.45, 7) is 0.460. The molecule has 64 valence electrons. The van der Waals surface area contributed by atoms with Crippen LogP contribution in [0.5, 0.6) is 0 Å². The molecular weight excluding hydrogens is 164 g/mol. The van der Waals surface area contributed by atoms with E-state index in [1.165, 1.54) is 6.33 Å². The molecule has 0 aliphatic heterocycles. The summed E-state index contributed by atoms with van der Waals surface area (Å²) in [6, 6.07) is 3.53. The summed E-state index contributed by atoms with van der Waals surface area (Å²) < 4.78 is 0. The molecule has 4 heteroatoms. The maximum Gasteiger partial charge on any atom is 0.145 e. The van der Waals surface area contributed by atoms with Crippen molar-refractivity contribution >= 4 is 5.82 Å². The van der Waals surface area contributed by atoms with Crippen molar-refractivity contribution in [2.45, 2.75) is 0 Å². The third kappa shape index (κ3) is 2.18. The van der Waals surface area contributed by atoms with E-state index in [1.807, 2.05) is 13.1 Å². The lowest BCUT2D eigenvalue weighted by molar-refractivity contribution is 0.983. The maximum absolute atomic E-state index is 8.57. The summed E-state index contributed by atoms with van der Waals surface area (Å²) in [7, 11) is 1.81. The molecule has 0 saturated heterocycles. The Balaban J connectivity index is 2.91. The fourth-order valence-corrected chi connectivity index (χ4v) is 0.835. The van der Waals surface area contributed by atoms with Crippen LogP contribution < -0.4 is 4.90 Å². The molecule has 0 N–H and O–H groups in total. The van der Waals surface area contributed by atoms with Crippen LogP contribution in [0.1, 0.15) is 5.69 Å². The highest BCUT2D eigenvalue weighted by atomic mass is 15.2. The zero-order valence-corrected chi connectivity index (χ0v) is 7.23. The van der Waals surface area contributed by atoms with Gasteiger partial charge in [0.05, 0.1) is 6.54 Å². The Morgan fingerprint density at radius 3 is 3.00 bits per heavy atom. The van der Waals surface area contributed by atoms with E-state index in [0.29, 0.717) is 18.1 Å². The van der Waals surface area contributed by atoms with Gasteiger partial charge in [0, 0.05) is 13.1 Å². The first-order valence-corrected chi connectivity index (χ1v) is 3.64. The van der Waals surface area contributed by atoms with Crippen molar-refractivity contribution in [2.24, 2.45) is 0 Å². The van der Waals surface area contributed by atoms with Crippen LogP contribution in [0.25, 0.3) is 0 Å².